The molecule has 0 atom stereocenters. The summed E-state index contributed by atoms with van der Waals surface area (Å²) in [6.45, 7) is 1.33. The molecule has 144 valence electrons. The summed E-state index contributed by atoms with van der Waals surface area (Å²) in [5, 5.41) is 12.5. The van der Waals surface area contributed by atoms with Crippen LogP contribution in [-0.2, 0) is 0 Å². The van der Waals surface area contributed by atoms with Crippen LogP contribution in [0.4, 0.5) is 0 Å². The van der Waals surface area contributed by atoms with E-state index in [4.69, 9.17) is 4.52 Å². The van der Waals surface area contributed by atoms with Crippen LogP contribution in [0.3, 0.4) is 0 Å². The monoisotopic (exact) mass is 443 g/mol. The highest BCUT2D eigenvalue weighted by Crippen LogP contribution is 2.38. The van der Waals surface area contributed by atoms with Gasteiger partial charge >= 0.3 is 0 Å². The number of aromatic nitrogens is 6. The molecule has 1 saturated carbocycles. The Morgan fingerprint density at radius 1 is 1.21 bits per heavy atom. The van der Waals surface area contributed by atoms with Gasteiger partial charge in [-0.1, -0.05) is 10.4 Å². The summed E-state index contributed by atoms with van der Waals surface area (Å²) in [4.78, 5) is 23.0. The predicted octanol–water partition coefficient (Wildman–Crippen LogP) is 2.84. The molecular weight excluding hydrogens is 426 g/mol. The SMILES string of the molecule is O=C(c1ccncc1Br)N1CCC(n2cc(-c3nc(C4CC4)no3)nn2)CC1. The van der Waals surface area contributed by atoms with Crippen molar-refractivity contribution in [1.82, 2.24) is 35.0 Å². The maximum absolute atomic E-state index is 12.7. The predicted molar refractivity (Wildman–Crippen MR) is 101 cm³/mol. The molecule has 0 radical (unpaired) electrons. The van der Waals surface area contributed by atoms with Crippen LogP contribution in [0, 0.1) is 0 Å². The molecule has 2 fully saturated rings. The fourth-order valence-corrected chi connectivity index (χ4v) is 3.87. The molecule has 3 aromatic heterocycles. The van der Waals surface area contributed by atoms with Crippen LogP contribution in [0.15, 0.2) is 33.7 Å². The van der Waals surface area contributed by atoms with Crippen molar-refractivity contribution >= 4 is 21.8 Å². The Labute approximate surface area is 169 Å². The highest BCUT2D eigenvalue weighted by atomic mass is 79.9. The lowest BCUT2D eigenvalue weighted by atomic mass is 10.0. The lowest BCUT2D eigenvalue weighted by Gasteiger charge is -2.32. The van der Waals surface area contributed by atoms with Gasteiger partial charge in [0.1, 0.15) is 0 Å². The van der Waals surface area contributed by atoms with Gasteiger partial charge in [0.2, 0.25) is 0 Å². The lowest BCUT2D eigenvalue weighted by Crippen LogP contribution is -2.39. The van der Waals surface area contributed by atoms with Gasteiger partial charge in [0.15, 0.2) is 11.5 Å². The van der Waals surface area contributed by atoms with Gasteiger partial charge in [-0.05, 0) is 47.7 Å². The average molecular weight is 444 g/mol. The zero-order valence-corrected chi connectivity index (χ0v) is 16.6. The van der Waals surface area contributed by atoms with Crippen molar-refractivity contribution in [3.05, 3.63) is 40.5 Å². The molecule has 5 rings (SSSR count). The second kappa shape index (κ2) is 7.08. The molecule has 4 heterocycles. The Morgan fingerprint density at radius 2 is 2.04 bits per heavy atom. The summed E-state index contributed by atoms with van der Waals surface area (Å²) in [7, 11) is 0. The van der Waals surface area contributed by atoms with E-state index in [1.165, 1.54) is 0 Å². The van der Waals surface area contributed by atoms with E-state index >= 15 is 0 Å². The molecule has 0 aromatic carbocycles. The second-order valence-corrected chi connectivity index (χ2v) is 8.05. The first-order valence-corrected chi connectivity index (χ1v) is 10.1. The minimum atomic E-state index is 0.0190. The first kappa shape index (κ1) is 17.5. The smallest absolute Gasteiger partial charge is 0.280 e. The Balaban J connectivity index is 1.24. The van der Waals surface area contributed by atoms with Crippen LogP contribution in [0.1, 0.15) is 53.8 Å². The number of likely N-dealkylation sites (tertiary alicyclic amines) is 1. The van der Waals surface area contributed by atoms with Crippen LogP contribution < -0.4 is 0 Å². The molecule has 0 N–H and O–H groups in total. The molecule has 1 aliphatic carbocycles. The van der Waals surface area contributed by atoms with Gasteiger partial charge in [-0.25, -0.2) is 4.68 Å². The summed E-state index contributed by atoms with van der Waals surface area (Å²) in [6, 6.07) is 1.93. The summed E-state index contributed by atoms with van der Waals surface area (Å²) >= 11 is 3.40. The van der Waals surface area contributed by atoms with E-state index in [-0.39, 0.29) is 11.9 Å². The van der Waals surface area contributed by atoms with Crippen molar-refractivity contribution < 1.29 is 9.32 Å². The van der Waals surface area contributed by atoms with Crippen molar-refractivity contribution in [3.8, 4) is 11.6 Å². The van der Waals surface area contributed by atoms with E-state index in [2.05, 4.69) is 41.4 Å². The van der Waals surface area contributed by atoms with Crippen molar-refractivity contribution in [2.45, 2.75) is 37.6 Å². The molecule has 1 aliphatic heterocycles. The molecule has 10 heteroatoms. The molecule has 9 nitrogen and oxygen atoms in total. The average Bonchev–Trinajstić information content (AvgIpc) is 3.26. The topological polar surface area (TPSA) is 103 Å². The normalized spacial score (nSPS) is 17.8. The third kappa shape index (κ3) is 3.32. The number of amides is 1. The zero-order chi connectivity index (χ0) is 19.1. The van der Waals surface area contributed by atoms with Crippen LogP contribution in [0.25, 0.3) is 11.6 Å². The maximum atomic E-state index is 12.7. The summed E-state index contributed by atoms with van der Waals surface area (Å²) in [6.07, 6.45) is 9.00. The van der Waals surface area contributed by atoms with E-state index in [9.17, 15) is 4.79 Å². The first-order chi connectivity index (χ1) is 13.7. The lowest BCUT2D eigenvalue weighted by molar-refractivity contribution is 0.0688. The van der Waals surface area contributed by atoms with Crippen LogP contribution >= 0.6 is 15.9 Å². The molecule has 0 unspecified atom stereocenters. The standard InChI is InChI=1S/C18H18BrN7O2/c19-14-9-20-6-3-13(14)18(27)25-7-4-12(5-8-25)26-10-15(22-24-26)17-21-16(23-28-17)11-1-2-11/h3,6,9-12H,1-2,4-5,7-8H2. The quantitative estimate of drug-likeness (QED) is 0.610. The number of piperidine rings is 1. The second-order valence-electron chi connectivity index (χ2n) is 7.19. The largest absolute Gasteiger partial charge is 0.338 e. The van der Waals surface area contributed by atoms with Gasteiger partial charge in [-0.2, -0.15) is 4.98 Å². The minimum absolute atomic E-state index is 0.0190. The molecule has 0 bridgehead atoms. The van der Waals surface area contributed by atoms with Gasteiger partial charge in [0.05, 0.1) is 17.8 Å². The number of rotatable bonds is 4. The molecule has 28 heavy (non-hydrogen) atoms. The first-order valence-electron chi connectivity index (χ1n) is 9.33. The third-order valence-corrected chi connectivity index (χ3v) is 5.87. The number of hydrogen-bond donors (Lipinski definition) is 0. The molecule has 3 aromatic rings. The number of carbonyl (C=O) groups is 1. The highest BCUT2D eigenvalue weighted by molar-refractivity contribution is 9.10. The van der Waals surface area contributed by atoms with Gasteiger partial charge in [0, 0.05) is 35.9 Å². The molecular formula is C18H18BrN7O2. The zero-order valence-electron chi connectivity index (χ0n) is 15.0. The number of nitrogens with zero attached hydrogens (tertiary/aromatic N) is 7. The van der Waals surface area contributed by atoms with Crippen molar-refractivity contribution in [1.29, 1.82) is 0 Å². The summed E-state index contributed by atoms with van der Waals surface area (Å²) in [5.74, 6) is 1.64. The maximum Gasteiger partial charge on any atom is 0.280 e. The number of hydrogen-bond acceptors (Lipinski definition) is 7. The van der Waals surface area contributed by atoms with Gasteiger partial charge in [0.25, 0.3) is 11.8 Å². The summed E-state index contributed by atoms with van der Waals surface area (Å²) in [5.41, 5.74) is 1.23. The number of carbonyl (C=O) groups excluding carboxylic acids is 1. The molecule has 1 amide bonds. The van der Waals surface area contributed by atoms with Gasteiger partial charge in [-0.3, -0.25) is 9.78 Å². The Hall–Kier alpha value is -2.62. The molecule has 2 aliphatic rings. The molecule has 0 spiro atoms. The van der Waals surface area contributed by atoms with E-state index < -0.39 is 0 Å². The fourth-order valence-electron chi connectivity index (χ4n) is 3.45. The molecule has 1 saturated heterocycles. The van der Waals surface area contributed by atoms with E-state index in [0.717, 1.165) is 31.5 Å². The number of pyridine rings is 1. The van der Waals surface area contributed by atoms with Crippen LogP contribution in [0.2, 0.25) is 0 Å². The Kier molecular flexibility index (Phi) is 4.42. The Bertz CT molecular complexity index is 1000. The van der Waals surface area contributed by atoms with Crippen LogP contribution in [-0.4, -0.2) is 54.0 Å². The van der Waals surface area contributed by atoms with E-state index in [1.807, 2.05) is 15.8 Å². The van der Waals surface area contributed by atoms with E-state index in [0.29, 0.717) is 40.6 Å². The van der Waals surface area contributed by atoms with Crippen molar-refractivity contribution in [3.63, 3.8) is 0 Å². The third-order valence-electron chi connectivity index (χ3n) is 5.24. The van der Waals surface area contributed by atoms with Crippen molar-refractivity contribution in [2.24, 2.45) is 0 Å². The van der Waals surface area contributed by atoms with Gasteiger partial charge < -0.3 is 9.42 Å². The summed E-state index contributed by atoms with van der Waals surface area (Å²) < 4.78 is 7.89. The van der Waals surface area contributed by atoms with Crippen LogP contribution in [0.5, 0.6) is 0 Å². The van der Waals surface area contributed by atoms with Crippen molar-refractivity contribution in [2.75, 3.05) is 13.1 Å². The van der Waals surface area contributed by atoms with Gasteiger partial charge in [-0.15, -0.1) is 5.10 Å². The Morgan fingerprint density at radius 3 is 2.79 bits per heavy atom. The fraction of sp³-hybridized carbons (Fsp3) is 0.444. The number of halogens is 1. The highest BCUT2D eigenvalue weighted by Gasteiger charge is 2.30. The van der Waals surface area contributed by atoms with E-state index in [1.54, 1.807) is 18.5 Å². The minimum Gasteiger partial charge on any atom is -0.338 e.